The van der Waals surface area contributed by atoms with E-state index in [-0.39, 0.29) is 5.91 Å². The molecule has 0 aromatic heterocycles. The van der Waals surface area contributed by atoms with Crippen LogP contribution in [-0.4, -0.2) is 18.2 Å². The summed E-state index contributed by atoms with van der Waals surface area (Å²) in [6.07, 6.45) is 0.778. The molecule has 3 aromatic carbocycles. The molecule has 0 spiro atoms. The molecule has 0 aliphatic rings. The van der Waals surface area contributed by atoms with E-state index in [2.05, 4.69) is 10.5 Å². The Morgan fingerprint density at radius 2 is 1.66 bits per heavy atom. The average molecular weight is 409 g/mol. The third kappa shape index (κ3) is 6.36. The first-order valence-corrected chi connectivity index (χ1v) is 9.50. The van der Waals surface area contributed by atoms with Crippen molar-refractivity contribution in [3.8, 4) is 11.5 Å². The van der Waals surface area contributed by atoms with Crippen LogP contribution in [0.25, 0.3) is 0 Å². The predicted molar refractivity (Wildman–Crippen MR) is 114 cm³/mol. The zero-order valence-electron chi connectivity index (χ0n) is 15.9. The first-order valence-electron chi connectivity index (χ1n) is 9.13. The molecule has 0 saturated carbocycles. The number of nitrogens with zero attached hydrogens (tertiary/aromatic N) is 1. The largest absolute Gasteiger partial charge is 0.489 e. The summed E-state index contributed by atoms with van der Waals surface area (Å²) in [5, 5.41) is 4.48. The molecule has 0 aliphatic heterocycles. The fourth-order valence-electron chi connectivity index (χ4n) is 2.45. The summed E-state index contributed by atoms with van der Waals surface area (Å²) in [6, 6.07) is 24.3. The minimum Gasteiger partial charge on any atom is -0.489 e. The van der Waals surface area contributed by atoms with E-state index in [1.54, 1.807) is 43.3 Å². The lowest BCUT2D eigenvalue weighted by molar-refractivity contribution is -0.127. The fourth-order valence-corrected chi connectivity index (χ4v) is 2.63. The Kier molecular flexibility index (Phi) is 7.25. The highest BCUT2D eigenvalue weighted by molar-refractivity contribution is 6.33. The number of nitrogens with one attached hydrogen (secondary N) is 1. The smallest absolute Gasteiger partial charge is 0.280 e. The second kappa shape index (κ2) is 10.3. The molecule has 0 saturated heterocycles. The number of ether oxygens (including phenoxy) is 2. The molecule has 0 unspecified atom stereocenters. The molecule has 0 radical (unpaired) electrons. The maximum Gasteiger partial charge on any atom is 0.280 e. The van der Waals surface area contributed by atoms with E-state index < -0.39 is 6.10 Å². The highest BCUT2D eigenvalue weighted by Crippen LogP contribution is 2.19. The average Bonchev–Trinajstić information content (AvgIpc) is 2.75. The van der Waals surface area contributed by atoms with Crippen molar-refractivity contribution in [2.45, 2.75) is 19.6 Å². The predicted octanol–water partition coefficient (Wildman–Crippen LogP) is 4.84. The molecule has 29 heavy (non-hydrogen) atoms. The van der Waals surface area contributed by atoms with E-state index >= 15 is 0 Å². The van der Waals surface area contributed by atoms with Crippen LogP contribution in [0.4, 0.5) is 0 Å². The van der Waals surface area contributed by atoms with E-state index in [9.17, 15) is 4.79 Å². The van der Waals surface area contributed by atoms with Gasteiger partial charge in [0.05, 0.1) is 6.21 Å². The normalized spacial score (nSPS) is 11.8. The van der Waals surface area contributed by atoms with Crippen molar-refractivity contribution in [3.63, 3.8) is 0 Å². The van der Waals surface area contributed by atoms with E-state index in [0.29, 0.717) is 22.9 Å². The van der Waals surface area contributed by atoms with Crippen LogP contribution in [0.5, 0.6) is 11.5 Å². The summed E-state index contributed by atoms with van der Waals surface area (Å²) in [5.41, 5.74) is 4.26. The van der Waals surface area contributed by atoms with Gasteiger partial charge in [0.15, 0.2) is 6.10 Å². The van der Waals surface area contributed by atoms with Crippen LogP contribution in [-0.2, 0) is 11.4 Å². The van der Waals surface area contributed by atoms with E-state index in [0.717, 1.165) is 11.3 Å². The van der Waals surface area contributed by atoms with Gasteiger partial charge in [-0.2, -0.15) is 5.10 Å². The van der Waals surface area contributed by atoms with Crippen LogP contribution in [0.1, 0.15) is 18.1 Å². The van der Waals surface area contributed by atoms with E-state index in [1.165, 1.54) is 6.21 Å². The van der Waals surface area contributed by atoms with Gasteiger partial charge in [-0.25, -0.2) is 5.43 Å². The number of rotatable bonds is 8. The Morgan fingerprint density at radius 1 is 1.00 bits per heavy atom. The molecule has 3 rings (SSSR count). The van der Waals surface area contributed by atoms with Gasteiger partial charge in [-0.05, 0) is 42.8 Å². The Bertz CT molecular complexity index is 959. The molecule has 0 aliphatic carbocycles. The highest BCUT2D eigenvalue weighted by Gasteiger charge is 2.14. The zero-order chi connectivity index (χ0) is 20.5. The molecule has 0 heterocycles. The molecule has 148 valence electrons. The highest BCUT2D eigenvalue weighted by atomic mass is 35.5. The summed E-state index contributed by atoms with van der Waals surface area (Å²) in [4.78, 5) is 12.1. The molecule has 5 nitrogen and oxygen atoms in total. The van der Waals surface area contributed by atoms with Crippen LogP contribution in [0.2, 0.25) is 5.02 Å². The molecule has 0 fully saturated rings. The van der Waals surface area contributed by atoms with Gasteiger partial charge < -0.3 is 9.47 Å². The lowest BCUT2D eigenvalue weighted by Gasteiger charge is -2.13. The summed E-state index contributed by atoms with van der Waals surface area (Å²) in [7, 11) is 0. The fraction of sp³-hybridized carbons (Fsp3) is 0.130. The molecule has 1 N–H and O–H groups in total. The Morgan fingerprint density at radius 3 is 2.38 bits per heavy atom. The molecule has 1 amide bonds. The molecule has 0 bridgehead atoms. The number of hydrogen-bond acceptors (Lipinski definition) is 4. The lowest BCUT2D eigenvalue weighted by atomic mass is 10.2. The third-order valence-electron chi connectivity index (χ3n) is 4.04. The Labute approximate surface area is 174 Å². The molecular weight excluding hydrogens is 388 g/mol. The molecule has 1 atom stereocenters. The van der Waals surface area contributed by atoms with E-state index in [1.807, 2.05) is 42.5 Å². The molecular formula is C23H21ClN2O3. The van der Waals surface area contributed by atoms with Crippen LogP contribution in [0.3, 0.4) is 0 Å². The number of carbonyl (C=O) groups is 1. The van der Waals surface area contributed by atoms with Crippen molar-refractivity contribution in [2.24, 2.45) is 5.10 Å². The number of hydrazone groups is 1. The number of amides is 1. The maximum absolute atomic E-state index is 12.1. The first-order chi connectivity index (χ1) is 14.1. The quantitative estimate of drug-likeness (QED) is 0.428. The molecule has 3 aromatic rings. The van der Waals surface area contributed by atoms with Gasteiger partial charge in [0.25, 0.3) is 5.91 Å². The maximum atomic E-state index is 12.1. The van der Waals surface area contributed by atoms with Crippen molar-refractivity contribution in [1.29, 1.82) is 0 Å². The number of hydrogen-bond donors (Lipinski definition) is 1. The van der Waals surface area contributed by atoms with Crippen molar-refractivity contribution < 1.29 is 14.3 Å². The second-order valence-corrected chi connectivity index (χ2v) is 6.67. The summed E-state index contributed by atoms with van der Waals surface area (Å²) in [6.45, 7) is 2.14. The number of benzene rings is 3. The topological polar surface area (TPSA) is 59.9 Å². The van der Waals surface area contributed by atoms with Crippen LogP contribution < -0.4 is 14.9 Å². The van der Waals surface area contributed by atoms with Gasteiger partial charge in [0.1, 0.15) is 18.1 Å². The Balaban J connectivity index is 1.47. The van der Waals surface area contributed by atoms with Gasteiger partial charge in [-0.15, -0.1) is 0 Å². The van der Waals surface area contributed by atoms with Gasteiger partial charge in [-0.3, -0.25) is 4.79 Å². The van der Waals surface area contributed by atoms with Gasteiger partial charge in [-0.1, -0.05) is 60.1 Å². The minimum absolute atomic E-state index is 0.363. The lowest BCUT2D eigenvalue weighted by Crippen LogP contribution is -2.33. The Hall–Kier alpha value is -3.31. The third-order valence-corrected chi connectivity index (χ3v) is 4.38. The van der Waals surface area contributed by atoms with Crippen molar-refractivity contribution in [3.05, 3.63) is 95.0 Å². The molecule has 6 heteroatoms. The summed E-state index contributed by atoms with van der Waals surface area (Å²) < 4.78 is 11.4. The zero-order valence-corrected chi connectivity index (χ0v) is 16.7. The van der Waals surface area contributed by atoms with Crippen LogP contribution in [0.15, 0.2) is 84.0 Å². The number of carbonyl (C=O) groups excluding carboxylic acids is 1. The van der Waals surface area contributed by atoms with Gasteiger partial charge in [0, 0.05) is 10.6 Å². The van der Waals surface area contributed by atoms with Gasteiger partial charge >= 0.3 is 0 Å². The van der Waals surface area contributed by atoms with E-state index in [4.69, 9.17) is 21.1 Å². The van der Waals surface area contributed by atoms with Crippen molar-refractivity contribution in [2.75, 3.05) is 0 Å². The summed E-state index contributed by atoms with van der Waals surface area (Å²) in [5.74, 6) is 0.926. The van der Waals surface area contributed by atoms with Crippen LogP contribution >= 0.6 is 11.6 Å². The first kappa shape index (κ1) is 20.4. The van der Waals surface area contributed by atoms with Crippen molar-refractivity contribution in [1.82, 2.24) is 5.43 Å². The van der Waals surface area contributed by atoms with Gasteiger partial charge in [0.2, 0.25) is 0 Å². The standard InChI is InChI=1S/C23H21ClN2O3/c1-17(23(27)26-25-15-19-9-5-6-10-22(19)24)29-21-13-11-20(12-14-21)28-16-18-7-3-2-4-8-18/h2-15,17H,16H2,1H3,(H,26,27)/b25-15-/t17-/m0/s1. The number of halogens is 1. The summed E-state index contributed by atoms with van der Waals surface area (Å²) >= 11 is 6.04. The van der Waals surface area contributed by atoms with Crippen molar-refractivity contribution >= 4 is 23.7 Å². The SMILES string of the molecule is C[C@H](Oc1ccc(OCc2ccccc2)cc1)C(=O)N/N=C\c1ccccc1Cl. The minimum atomic E-state index is -0.713. The monoisotopic (exact) mass is 408 g/mol. The van der Waals surface area contributed by atoms with Crippen LogP contribution in [0, 0.1) is 0 Å². The second-order valence-electron chi connectivity index (χ2n) is 6.26.